The zero-order chi connectivity index (χ0) is 19.9. The molecule has 1 saturated heterocycles. The highest BCUT2D eigenvalue weighted by Gasteiger charge is 2.25. The molecule has 4 rings (SSSR count). The maximum absolute atomic E-state index is 5.96. The number of nitrogens with zero attached hydrogens (tertiary/aromatic N) is 5. The van der Waals surface area contributed by atoms with Gasteiger partial charge >= 0.3 is 0 Å². The number of ether oxygens (including phenoxy) is 1. The predicted molar refractivity (Wildman–Crippen MR) is 129 cm³/mol. The maximum Gasteiger partial charge on any atom is 0.194 e. The van der Waals surface area contributed by atoms with Gasteiger partial charge in [-0.25, -0.2) is 4.99 Å². The number of aryl methyl sites for hydroxylation is 1. The second kappa shape index (κ2) is 11.6. The highest BCUT2D eigenvalue weighted by atomic mass is 127. The van der Waals surface area contributed by atoms with Crippen molar-refractivity contribution in [3.8, 4) is 0 Å². The summed E-state index contributed by atoms with van der Waals surface area (Å²) in [6.45, 7) is 8.07. The van der Waals surface area contributed by atoms with Gasteiger partial charge in [-0.2, -0.15) is 0 Å². The van der Waals surface area contributed by atoms with Crippen LogP contribution in [0.25, 0.3) is 0 Å². The largest absolute Gasteiger partial charge is 0.376 e. The number of hydrogen-bond acceptors (Lipinski definition) is 4. The summed E-state index contributed by atoms with van der Waals surface area (Å²) in [6.07, 6.45) is 4.59. The molecule has 0 aliphatic carbocycles. The zero-order valence-corrected chi connectivity index (χ0v) is 20.1. The minimum absolute atomic E-state index is 0. The van der Waals surface area contributed by atoms with Gasteiger partial charge < -0.3 is 19.5 Å². The molecule has 1 atom stereocenters. The Balaban J connectivity index is 0.00000256. The highest BCUT2D eigenvalue weighted by molar-refractivity contribution is 14.0. The summed E-state index contributed by atoms with van der Waals surface area (Å²) >= 11 is 0. The second-order valence-corrected chi connectivity index (χ2v) is 7.91. The van der Waals surface area contributed by atoms with Crippen molar-refractivity contribution >= 4 is 29.9 Å². The fourth-order valence-electron chi connectivity index (χ4n) is 4.14. The molecular formula is C22H33IN6O. The van der Waals surface area contributed by atoms with Gasteiger partial charge in [0.25, 0.3) is 0 Å². The van der Waals surface area contributed by atoms with Crippen molar-refractivity contribution in [2.45, 2.75) is 52.3 Å². The van der Waals surface area contributed by atoms with E-state index in [0.29, 0.717) is 19.1 Å². The van der Waals surface area contributed by atoms with Crippen LogP contribution in [0.2, 0.25) is 0 Å². The van der Waals surface area contributed by atoms with Crippen LogP contribution in [-0.4, -0.2) is 51.9 Å². The first kappa shape index (κ1) is 23.0. The first-order valence-corrected chi connectivity index (χ1v) is 10.9. The molecule has 164 valence electrons. The van der Waals surface area contributed by atoms with Crippen molar-refractivity contribution in [3.05, 3.63) is 47.5 Å². The van der Waals surface area contributed by atoms with Crippen molar-refractivity contribution in [3.63, 3.8) is 0 Å². The first-order valence-electron chi connectivity index (χ1n) is 10.9. The third kappa shape index (κ3) is 5.94. The van der Waals surface area contributed by atoms with Crippen molar-refractivity contribution < 1.29 is 4.74 Å². The Bertz CT molecular complexity index is 809. The van der Waals surface area contributed by atoms with Crippen LogP contribution >= 0.6 is 24.0 Å². The molecule has 1 aromatic carbocycles. The number of guanidine groups is 1. The van der Waals surface area contributed by atoms with E-state index in [0.717, 1.165) is 63.2 Å². The van der Waals surface area contributed by atoms with Crippen molar-refractivity contribution in [1.29, 1.82) is 0 Å². The van der Waals surface area contributed by atoms with Gasteiger partial charge in [-0.3, -0.25) is 0 Å². The Morgan fingerprint density at radius 2 is 2.07 bits per heavy atom. The molecule has 3 heterocycles. The van der Waals surface area contributed by atoms with E-state index in [-0.39, 0.29) is 24.0 Å². The Labute approximate surface area is 196 Å². The lowest BCUT2D eigenvalue weighted by Gasteiger charge is -2.22. The smallest absolute Gasteiger partial charge is 0.194 e. The van der Waals surface area contributed by atoms with Crippen LogP contribution in [0, 0.1) is 5.92 Å². The van der Waals surface area contributed by atoms with E-state index in [2.05, 4.69) is 56.2 Å². The molecule has 1 N–H and O–H groups in total. The molecule has 2 aromatic rings. The third-order valence-electron chi connectivity index (χ3n) is 5.69. The second-order valence-electron chi connectivity index (χ2n) is 7.91. The average Bonchev–Trinajstić information content (AvgIpc) is 3.39. The zero-order valence-electron chi connectivity index (χ0n) is 17.8. The minimum atomic E-state index is 0. The van der Waals surface area contributed by atoms with E-state index in [1.807, 2.05) is 6.07 Å². The molecule has 8 heteroatoms. The minimum Gasteiger partial charge on any atom is -0.376 e. The van der Waals surface area contributed by atoms with Crippen LogP contribution in [0.3, 0.4) is 0 Å². The number of rotatable bonds is 7. The lowest BCUT2D eigenvalue weighted by Crippen LogP contribution is -2.40. The molecule has 2 aliphatic rings. The van der Waals surface area contributed by atoms with Gasteiger partial charge in [0.15, 0.2) is 11.8 Å². The van der Waals surface area contributed by atoms with Gasteiger partial charge in [-0.1, -0.05) is 30.3 Å². The molecule has 1 aromatic heterocycles. The molecule has 2 aliphatic heterocycles. The van der Waals surface area contributed by atoms with Gasteiger partial charge in [0.2, 0.25) is 0 Å². The Morgan fingerprint density at radius 1 is 1.20 bits per heavy atom. The van der Waals surface area contributed by atoms with Crippen LogP contribution < -0.4 is 5.32 Å². The number of benzene rings is 1. The molecule has 0 amide bonds. The molecule has 30 heavy (non-hydrogen) atoms. The summed E-state index contributed by atoms with van der Waals surface area (Å²) in [6, 6.07) is 10.4. The molecule has 1 fully saturated rings. The first-order chi connectivity index (χ1) is 14.3. The van der Waals surface area contributed by atoms with E-state index >= 15 is 0 Å². The lowest BCUT2D eigenvalue weighted by atomic mass is 10.1. The van der Waals surface area contributed by atoms with E-state index in [4.69, 9.17) is 9.73 Å². The summed E-state index contributed by atoms with van der Waals surface area (Å²) in [4.78, 5) is 7.23. The Morgan fingerprint density at radius 3 is 2.90 bits per heavy atom. The molecule has 0 radical (unpaired) electrons. The SMILES string of the molecule is CCNC(=NCc1nnc2n1CCCC2)N1CCC(COCc2ccccc2)C1.I. The number of nitrogens with one attached hydrogen (secondary N) is 1. The monoisotopic (exact) mass is 524 g/mol. The van der Waals surface area contributed by atoms with E-state index in [1.165, 1.54) is 18.4 Å². The van der Waals surface area contributed by atoms with Crippen LogP contribution in [0.4, 0.5) is 0 Å². The summed E-state index contributed by atoms with van der Waals surface area (Å²) < 4.78 is 8.21. The molecule has 1 unspecified atom stereocenters. The molecule has 0 saturated carbocycles. The molecule has 0 spiro atoms. The maximum atomic E-state index is 5.96. The van der Waals surface area contributed by atoms with Gasteiger partial charge in [0.05, 0.1) is 13.2 Å². The van der Waals surface area contributed by atoms with Crippen LogP contribution in [0.15, 0.2) is 35.3 Å². The fourth-order valence-corrected chi connectivity index (χ4v) is 4.14. The van der Waals surface area contributed by atoms with Crippen LogP contribution in [0.5, 0.6) is 0 Å². The number of aromatic nitrogens is 3. The van der Waals surface area contributed by atoms with Gasteiger partial charge in [-0.15, -0.1) is 34.2 Å². The quantitative estimate of drug-likeness (QED) is 0.342. The predicted octanol–water partition coefficient (Wildman–Crippen LogP) is 3.24. The van der Waals surface area contributed by atoms with Gasteiger partial charge in [0.1, 0.15) is 12.4 Å². The summed E-state index contributed by atoms with van der Waals surface area (Å²) in [5.74, 6) is 3.62. The van der Waals surface area contributed by atoms with Crippen LogP contribution in [-0.2, 0) is 30.9 Å². The van der Waals surface area contributed by atoms with E-state index < -0.39 is 0 Å². The lowest BCUT2D eigenvalue weighted by molar-refractivity contribution is 0.0906. The molecule has 0 bridgehead atoms. The normalized spacial score (nSPS) is 18.8. The number of fused-ring (bicyclic) bond motifs is 1. The van der Waals surface area contributed by atoms with E-state index in [1.54, 1.807) is 0 Å². The average molecular weight is 524 g/mol. The molecular weight excluding hydrogens is 491 g/mol. The van der Waals surface area contributed by atoms with Gasteiger partial charge in [0, 0.05) is 38.5 Å². The number of likely N-dealkylation sites (tertiary alicyclic amines) is 1. The number of hydrogen-bond donors (Lipinski definition) is 1. The third-order valence-corrected chi connectivity index (χ3v) is 5.69. The Kier molecular flexibility index (Phi) is 8.92. The van der Waals surface area contributed by atoms with E-state index in [9.17, 15) is 0 Å². The standard InChI is InChI=1S/C22H32N6O.HI/c1-2-23-22(24-14-21-26-25-20-10-6-7-12-28(20)21)27-13-11-19(15-27)17-29-16-18-8-4-3-5-9-18;/h3-5,8-9,19H,2,6-7,10-17H2,1H3,(H,23,24);1H. The van der Waals surface area contributed by atoms with Crippen molar-refractivity contribution in [1.82, 2.24) is 25.0 Å². The van der Waals surface area contributed by atoms with Crippen molar-refractivity contribution in [2.75, 3.05) is 26.2 Å². The topological polar surface area (TPSA) is 67.6 Å². The summed E-state index contributed by atoms with van der Waals surface area (Å²) in [5, 5.41) is 12.2. The Hall–Kier alpha value is -1.68. The van der Waals surface area contributed by atoms with Crippen LogP contribution in [0.1, 0.15) is 43.4 Å². The number of aliphatic imine (C=N–C) groups is 1. The summed E-state index contributed by atoms with van der Waals surface area (Å²) in [5.41, 5.74) is 1.23. The number of halogens is 1. The van der Waals surface area contributed by atoms with Crippen molar-refractivity contribution in [2.24, 2.45) is 10.9 Å². The fraction of sp³-hybridized carbons (Fsp3) is 0.591. The highest BCUT2D eigenvalue weighted by Crippen LogP contribution is 2.18. The summed E-state index contributed by atoms with van der Waals surface area (Å²) in [7, 11) is 0. The van der Waals surface area contributed by atoms with Gasteiger partial charge in [-0.05, 0) is 31.7 Å². The molecule has 7 nitrogen and oxygen atoms in total.